The zero-order valence-corrected chi connectivity index (χ0v) is 13.4. The third-order valence-electron chi connectivity index (χ3n) is 3.20. The van der Waals surface area contributed by atoms with Gasteiger partial charge in [0.05, 0.1) is 11.3 Å². The third kappa shape index (κ3) is 4.48. The molecule has 0 heterocycles. The van der Waals surface area contributed by atoms with Crippen molar-refractivity contribution in [2.75, 3.05) is 18.4 Å². The second-order valence-corrected chi connectivity index (χ2v) is 5.67. The number of hydrogen-bond donors (Lipinski definition) is 2. The highest BCUT2D eigenvalue weighted by Crippen LogP contribution is 2.23. The van der Waals surface area contributed by atoms with Gasteiger partial charge in [-0.2, -0.15) is 0 Å². The van der Waals surface area contributed by atoms with Crippen LogP contribution in [0.4, 0.5) is 10.5 Å². The van der Waals surface area contributed by atoms with E-state index in [1.807, 2.05) is 33.8 Å². The molecule has 21 heavy (non-hydrogen) atoms. The number of rotatable bonds is 5. The summed E-state index contributed by atoms with van der Waals surface area (Å²) in [6, 6.07) is 3.17. The lowest BCUT2D eigenvalue weighted by Gasteiger charge is -2.24. The molecular formula is C16H24N2O3. The highest BCUT2D eigenvalue weighted by molar-refractivity contribution is 6.01. The molecule has 0 aliphatic rings. The molecule has 2 amide bonds. The van der Waals surface area contributed by atoms with Crippen molar-refractivity contribution in [3.8, 4) is 0 Å². The Morgan fingerprint density at radius 3 is 2.38 bits per heavy atom. The van der Waals surface area contributed by atoms with Crippen molar-refractivity contribution >= 4 is 17.7 Å². The van der Waals surface area contributed by atoms with Gasteiger partial charge >= 0.3 is 12.0 Å². The van der Waals surface area contributed by atoms with Gasteiger partial charge < -0.3 is 15.3 Å². The Labute approximate surface area is 126 Å². The van der Waals surface area contributed by atoms with Crippen LogP contribution in [0.5, 0.6) is 0 Å². The maximum absolute atomic E-state index is 12.3. The predicted molar refractivity (Wildman–Crippen MR) is 84.0 cm³/mol. The topological polar surface area (TPSA) is 69.6 Å². The number of aromatic carboxylic acids is 1. The van der Waals surface area contributed by atoms with E-state index in [-0.39, 0.29) is 11.6 Å². The Morgan fingerprint density at radius 2 is 1.90 bits per heavy atom. The molecule has 0 aromatic heterocycles. The maximum Gasteiger partial charge on any atom is 0.337 e. The largest absolute Gasteiger partial charge is 0.478 e. The van der Waals surface area contributed by atoms with E-state index in [2.05, 4.69) is 5.32 Å². The van der Waals surface area contributed by atoms with Crippen LogP contribution in [0.3, 0.4) is 0 Å². The van der Waals surface area contributed by atoms with E-state index in [9.17, 15) is 14.7 Å². The van der Waals surface area contributed by atoms with Gasteiger partial charge in [-0.05, 0) is 43.9 Å². The third-order valence-corrected chi connectivity index (χ3v) is 3.20. The minimum Gasteiger partial charge on any atom is -0.478 e. The molecule has 5 heteroatoms. The molecule has 0 unspecified atom stereocenters. The molecule has 116 valence electrons. The molecule has 0 aliphatic heterocycles. The summed E-state index contributed by atoms with van der Waals surface area (Å²) in [4.78, 5) is 25.3. The Morgan fingerprint density at radius 1 is 1.29 bits per heavy atom. The van der Waals surface area contributed by atoms with Crippen LogP contribution >= 0.6 is 0 Å². The molecule has 0 spiro atoms. The highest BCUT2D eigenvalue weighted by Gasteiger charge is 2.19. The van der Waals surface area contributed by atoms with Crippen molar-refractivity contribution in [1.82, 2.24) is 4.90 Å². The van der Waals surface area contributed by atoms with Crippen LogP contribution < -0.4 is 5.32 Å². The van der Waals surface area contributed by atoms with Crippen molar-refractivity contribution in [3.05, 3.63) is 28.8 Å². The lowest BCUT2D eigenvalue weighted by atomic mass is 10.0. The van der Waals surface area contributed by atoms with Gasteiger partial charge in [0, 0.05) is 13.1 Å². The molecule has 0 saturated heterocycles. The fourth-order valence-electron chi connectivity index (χ4n) is 2.28. The monoisotopic (exact) mass is 292 g/mol. The van der Waals surface area contributed by atoms with Crippen molar-refractivity contribution in [3.63, 3.8) is 0 Å². The average molecular weight is 292 g/mol. The smallest absolute Gasteiger partial charge is 0.337 e. The van der Waals surface area contributed by atoms with E-state index in [0.29, 0.717) is 24.7 Å². The fourth-order valence-corrected chi connectivity index (χ4v) is 2.28. The molecule has 0 radical (unpaired) electrons. The van der Waals surface area contributed by atoms with E-state index in [4.69, 9.17) is 0 Å². The van der Waals surface area contributed by atoms with Gasteiger partial charge in [-0.25, -0.2) is 9.59 Å². The summed E-state index contributed by atoms with van der Waals surface area (Å²) in [5, 5.41) is 12.1. The van der Waals surface area contributed by atoms with Gasteiger partial charge in [0.15, 0.2) is 0 Å². The van der Waals surface area contributed by atoms with E-state index in [0.717, 1.165) is 11.1 Å². The first-order valence-electron chi connectivity index (χ1n) is 7.16. The first-order valence-corrected chi connectivity index (χ1v) is 7.16. The number of nitrogens with zero attached hydrogens (tertiary/aromatic N) is 1. The van der Waals surface area contributed by atoms with Crippen LogP contribution in [0.15, 0.2) is 12.1 Å². The molecule has 5 nitrogen and oxygen atoms in total. The molecule has 2 N–H and O–H groups in total. The van der Waals surface area contributed by atoms with E-state index >= 15 is 0 Å². The number of carboxylic acid groups (broad SMARTS) is 1. The number of benzene rings is 1. The highest BCUT2D eigenvalue weighted by atomic mass is 16.4. The number of nitrogens with one attached hydrogen (secondary N) is 1. The number of amides is 2. The van der Waals surface area contributed by atoms with Gasteiger partial charge in [-0.15, -0.1) is 0 Å². The van der Waals surface area contributed by atoms with Crippen LogP contribution in [0, 0.1) is 19.8 Å². The van der Waals surface area contributed by atoms with Gasteiger partial charge in [0.1, 0.15) is 0 Å². The van der Waals surface area contributed by atoms with Gasteiger partial charge in [0.2, 0.25) is 0 Å². The maximum atomic E-state index is 12.3. The van der Waals surface area contributed by atoms with Gasteiger partial charge in [0.25, 0.3) is 0 Å². The summed E-state index contributed by atoms with van der Waals surface area (Å²) >= 11 is 0. The minimum absolute atomic E-state index is 0.126. The molecule has 1 aromatic carbocycles. The molecule has 0 aliphatic carbocycles. The second-order valence-electron chi connectivity index (χ2n) is 5.67. The molecule has 1 rings (SSSR count). The molecule has 0 saturated carbocycles. The van der Waals surface area contributed by atoms with Crippen LogP contribution in [-0.2, 0) is 0 Å². The normalized spacial score (nSPS) is 10.6. The van der Waals surface area contributed by atoms with E-state index in [1.54, 1.807) is 17.9 Å². The summed E-state index contributed by atoms with van der Waals surface area (Å²) < 4.78 is 0. The molecule has 0 bridgehead atoms. The van der Waals surface area contributed by atoms with Crippen LogP contribution in [0.25, 0.3) is 0 Å². The summed E-state index contributed by atoms with van der Waals surface area (Å²) in [6.07, 6.45) is 0. The Bertz CT molecular complexity index is 539. The fraction of sp³-hybridized carbons (Fsp3) is 0.500. The molecule has 0 atom stereocenters. The van der Waals surface area contributed by atoms with Crippen molar-refractivity contribution in [2.45, 2.75) is 34.6 Å². The zero-order chi connectivity index (χ0) is 16.2. The number of anilines is 1. The minimum atomic E-state index is -1.04. The lowest BCUT2D eigenvalue weighted by Crippen LogP contribution is -2.37. The Kier molecular flexibility index (Phi) is 5.76. The first-order chi connectivity index (χ1) is 9.76. The van der Waals surface area contributed by atoms with Crippen molar-refractivity contribution in [1.29, 1.82) is 0 Å². The van der Waals surface area contributed by atoms with Crippen molar-refractivity contribution in [2.24, 2.45) is 5.92 Å². The quantitative estimate of drug-likeness (QED) is 0.872. The van der Waals surface area contributed by atoms with Crippen LogP contribution in [0.2, 0.25) is 0 Å². The van der Waals surface area contributed by atoms with Gasteiger partial charge in [-0.3, -0.25) is 0 Å². The van der Waals surface area contributed by atoms with E-state index in [1.165, 1.54) is 0 Å². The summed E-state index contributed by atoms with van der Waals surface area (Å²) in [6.45, 7) is 10.8. The standard InChI is InChI=1S/C16H24N2O3/c1-6-18(9-10(2)3)16(21)17-14-12(5)7-11(4)8-13(14)15(19)20/h7-8,10H,6,9H2,1-5H3,(H,17,21)(H,19,20). The summed E-state index contributed by atoms with van der Waals surface area (Å²) in [5.41, 5.74) is 2.11. The molecular weight excluding hydrogens is 268 g/mol. The van der Waals surface area contributed by atoms with Crippen LogP contribution in [0.1, 0.15) is 42.3 Å². The van der Waals surface area contributed by atoms with Crippen molar-refractivity contribution < 1.29 is 14.7 Å². The van der Waals surface area contributed by atoms with E-state index < -0.39 is 5.97 Å². The molecule has 1 aromatic rings. The summed E-state index contributed by atoms with van der Waals surface area (Å²) in [7, 11) is 0. The number of urea groups is 1. The first kappa shape index (κ1) is 17.0. The Hall–Kier alpha value is -2.04. The summed E-state index contributed by atoms with van der Waals surface area (Å²) in [5.74, 6) is -0.683. The zero-order valence-electron chi connectivity index (χ0n) is 13.4. The molecule has 0 fully saturated rings. The number of carbonyl (C=O) groups is 2. The number of carbonyl (C=O) groups excluding carboxylic acids is 1. The second kappa shape index (κ2) is 7.11. The average Bonchev–Trinajstić information content (AvgIpc) is 2.37. The number of carboxylic acids is 1. The lowest BCUT2D eigenvalue weighted by molar-refractivity contribution is 0.0698. The Balaban J connectivity index is 3.06. The van der Waals surface area contributed by atoms with Crippen LogP contribution in [-0.4, -0.2) is 35.1 Å². The number of hydrogen-bond acceptors (Lipinski definition) is 2. The predicted octanol–water partition coefficient (Wildman–Crippen LogP) is 3.51. The SMILES string of the molecule is CCN(CC(C)C)C(=O)Nc1c(C)cc(C)cc1C(=O)O. The van der Waals surface area contributed by atoms with Gasteiger partial charge in [-0.1, -0.05) is 19.9 Å². The number of aryl methyl sites for hydroxylation is 2.